The number of hydrogen-bond donors (Lipinski definition) is 1. The summed E-state index contributed by atoms with van der Waals surface area (Å²) in [6.07, 6.45) is 10.3. The van der Waals surface area contributed by atoms with Crippen LogP contribution in [0.1, 0.15) is 54.4 Å². The molecule has 29 heavy (non-hydrogen) atoms. The molecule has 2 heterocycles. The number of nitrogens with one attached hydrogen (secondary N) is 1. The number of nitrogens with zero attached hydrogens (tertiary/aromatic N) is 2. The summed E-state index contributed by atoms with van der Waals surface area (Å²) in [5.41, 5.74) is 1.88. The lowest BCUT2D eigenvalue weighted by molar-refractivity contribution is -0.121. The second kappa shape index (κ2) is 11.3. The molecule has 2 amide bonds. The Morgan fingerprint density at radius 2 is 1.83 bits per heavy atom. The van der Waals surface area contributed by atoms with Gasteiger partial charge in [0.15, 0.2) is 0 Å². The summed E-state index contributed by atoms with van der Waals surface area (Å²) in [5, 5.41) is 3.02. The van der Waals surface area contributed by atoms with E-state index < -0.39 is 0 Å². The van der Waals surface area contributed by atoms with E-state index in [1.54, 1.807) is 6.20 Å². The average molecular weight is 394 g/mol. The van der Waals surface area contributed by atoms with Crippen LogP contribution in [-0.2, 0) is 11.2 Å². The van der Waals surface area contributed by atoms with E-state index >= 15 is 0 Å². The minimum Gasteiger partial charge on any atom is -0.356 e. The number of rotatable bonds is 9. The minimum absolute atomic E-state index is 0.113. The van der Waals surface area contributed by atoms with Crippen molar-refractivity contribution in [2.45, 2.75) is 44.9 Å². The zero-order chi connectivity index (χ0) is 20.3. The molecule has 0 unspecified atom stereocenters. The van der Waals surface area contributed by atoms with Gasteiger partial charge in [-0.3, -0.25) is 14.6 Å². The van der Waals surface area contributed by atoms with Gasteiger partial charge in [-0.05, 0) is 55.4 Å². The predicted octanol–water partition coefficient (Wildman–Crippen LogP) is 3.85. The molecule has 1 fully saturated rings. The van der Waals surface area contributed by atoms with Crippen molar-refractivity contribution in [3.8, 4) is 0 Å². The third-order valence-electron chi connectivity index (χ3n) is 5.65. The van der Waals surface area contributed by atoms with Gasteiger partial charge in [-0.1, -0.05) is 37.1 Å². The van der Waals surface area contributed by atoms with Gasteiger partial charge in [-0.15, -0.1) is 0 Å². The first-order valence-corrected chi connectivity index (χ1v) is 10.7. The third kappa shape index (κ3) is 7.00. The van der Waals surface area contributed by atoms with Crippen LogP contribution < -0.4 is 5.32 Å². The average Bonchev–Trinajstić information content (AvgIpc) is 2.79. The van der Waals surface area contributed by atoms with Gasteiger partial charge in [-0.2, -0.15) is 0 Å². The molecule has 5 heteroatoms. The van der Waals surface area contributed by atoms with Gasteiger partial charge in [0.05, 0.1) is 0 Å². The van der Waals surface area contributed by atoms with Crippen LogP contribution in [0.4, 0.5) is 0 Å². The van der Waals surface area contributed by atoms with E-state index in [2.05, 4.69) is 10.3 Å². The molecule has 3 rings (SSSR count). The highest BCUT2D eigenvalue weighted by molar-refractivity contribution is 5.94. The molecule has 1 aliphatic rings. The van der Waals surface area contributed by atoms with Crippen LogP contribution in [0.15, 0.2) is 54.9 Å². The fourth-order valence-electron chi connectivity index (χ4n) is 3.87. The number of carbonyl (C=O) groups excluding carboxylic acids is 2. The monoisotopic (exact) mass is 393 g/mol. The van der Waals surface area contributed by atoms with Crippen molar-refractivity contribution in [3.05, 3.63) is 66.0 Å². The van der Waals surface area contributed by atoms with Gasteiger partial charge in [0.25, 0.3) is 5.91 Å². The molecule has 0 aliphatic carbocycles. The molecule has 2 aromatic rings. The number of carbonyl (C=O) groups is 2. The molecule has 0 atom stereocenters. The Kier molecular flexibility index (Phi) is 8.23. The van der Waals surface area contributed by atoms with Crippen molar-refractivity contribution < 1.29 is 9.59 Å². The van der Waals surface area contributed by atoms with Crippen LogP contribution >= 0.6 is 0 Å². The number of hydrogen-bond acceptors (Lipinski definition) is 3. The smallest absolute Gasteiger partial charge is 0.253 e. The fraction of sp³-hybridized carbons (Fsp3) is 0.458. The molecule has 1 aliphatic heterocycles. The van der Waals surface area contributed by atoms with E-state index in [0.29, 0.717) is 12.3 Å². The number of amides is 2. The van der Waals surface area contributed by atoms with Crippen molar-refractivity contribution >= 4 is 11.8 Å². The first-order valence-electron chi connectivity index (χ1n) is 10.7. The maximum absolute atomic E-state index is 12.5. The summed E-state index contributed by atoms with van der Waals surface area (Å²) < 4.78 is 0. The van der Waals surface area contributed by atoms with Crippen molar-refractivity contribution in [1.29, 1.82) is 0 Å². The van der Waals surface area contributed by atoms with E-state index in [-0.39, 0.29) is 11.8 Å². The second-order valence-electron chi connectivity index (χ2n) is 7.81. The zero-order valence-electron chi connectivity index (χ0n) is 17.1. The highest BCUT2D eigenvalue weighted by Crippen LogP contribution is 2.23. The van der Waals surface area contributed by atoms with Crippen molar-refractivity contribution in [2.75, 3.05) is 19.6 Å². The van der Waals surface area contributed by atoms with Crippen LogP contribution in [0, 0.1) is 5.92 Å². The van der Waals surface area contributed by atoms with Crippen LogP contribution in [0.5, 0.6) is 0 Å². The van der Waals surface area contributed by atoms with E-state index in [9.17, 15) is 9.59 Å². The molecule has 0 radical (unpaired) electrons. The molecule has 154 valence electrons. The summed E-state index contributed by atoms with van der Waals surface area (Å²) in [6.45, 7) is 2.45. The predicted molar refractivity (Wildman–Crippen MR) is 114 cm³/mol. The number of benzene rings is 1. The third-order valence-corrected chi connectivity index (χ3v) is 5.65. The number of aromatic nitrogens is 1. The Morgan fingerprint density at radius 1 is 1.03 bits per heavy atom. The summed E-state index contributed by atoms with van der Waals surface area (Å²) in [5.74, 6) is 0.954. The molecular weight excluding hydrogens is 362 g/mol. The van der Waals surface area contributed by atoms with Crippen molar-refractivity contribution in [1.82, 2.24) is 15.2 Å². The Balaban J connectivity index is 1.24. The molecule has 0 bridgehead atoms. The Morgan fingerprint density at radius 3 is 2.55 bits per heavy atom. The van der Waals surface area contributed by atoms with E-state index in [0.717, 1.165) is 62.9 Å². The highest BCUT2D eigenvalue weighted by Gasteiger charge is 2.23. The van der Waals surface area contributed by atoms with Gasteiger partial charge >= 0.3 is 0 Å². The Labute approximate surface area is 173 Å². The Hall–Kier alpha value is -2.69. The number of pyridine rings is 1. The molecule has 1 saturated heterocycles. The van der Waals surface area contributed by atoms with Crippen LogP contribution in [0.3, 0.4) is 0 Å². The van der Waals surface area contributed by atoms with Crippen molar-refractivity contribution in [3.63, 3.8) is 0 Å². The Bertz CT molecular complexity index is 756. The molecule has 1 aromatic carbocycles. The molecule has 1 aromatic heterocycles. The molecule has 0 saturated carbocycles. The fourth-order valence-corrected chi connectivity index (χ4v) is 3.87. The van der Waals surface area contributed by atoms with Gasteiger partial charge in [0.2, 0.25) is 5.91 Å². The molecular formula is C24H31N3O2. The van der Waals surface area contributed by atoms with Crippen molar-refractivity contribution in [2.24, 2.45) is 5.92 Å². The SMILES string of the molecule is O=C(CCc1cccnc1)NCCCCC1CCN(C(=O)c2ccccc2)CC1. The first kappa shape index (κ1) is 21.0. The summed E-state index contributed by atoms with van der Waals surface area (Å²) >= 11 is 0. The molecule has 1 N–H and O–H groups in total. The minimum atomic E-state index is 0.113. The second-order valence-corrected chi connectivity index (χ2v) is 7.81. The largest absolute Gasteiger partial charge is 0.356 e. The van der Waals surface area contributed by atoms with Crippen LogP contribution in [0.25, 0.3) is 0 Å². The number of aryl methyl sites for hydroxylation is 1. The molecule has 0 spiro atoms. The summed E-state index contributed by atoms with van der Waals surface area (Å²) in [6, 6.07) is 13.4. The van der Waals surface area contributed by atoms with E-state index in [4.69, 9.17) is 0 Å². The quantitative estimate of drug-likeness (QED) is 0.658. The van der Waals surface area contributed by atoms with Crippen LogP contribution in [-0.4, -0.2) is 41.3 Å². The van der Waals surface area contributed by atoms with Gasteiger partial charge in [0, 0.05) is 44.0 Å². The van der Waals surface area contributed by atoms with Gasteiger partial charge < -0.3 is 10.2 Å². The van der Waals surface area contributed by atoms with E-state index in [1.807, 2.05) is 53.6 Å². The number of unbranched alkanes of at least 4 members (excludes halogenated alkanes) is 1. The normalized spacial score (nSPS) is 14.6. The van der Waals surface area contributed by atoms with Crippen LogP contribution in [0.2, 0.25) is 0 Å². The lowest BCUT2D eigenvalue weighted by Crippen LogP contribution is -2.38. The maximum Gasteiger partial charge on any atom is 0.253 e. The zero-order valence-corrected chi connectivity index (χ0v) is 17.1. The molecule has 5 nitrogen and oxygen atoms in total. The lowest BCUT2D eigenvalue weighted by atomic mass is 9.91. The topological polar surface area (TPSA) is 62.3 Å². The summed E-state index contributed by atoms with van der Waals surface area (Å²) in [4.78, 5) is 30.5. The highest BCUT2D eigenvalue weighted by atomic mass is 16.2. The van der Waals surface area contributed by atoms with E-state index in [1.165, 1.54) is 6.42 Å². The van der Waals surface area contributed by atoms with Gasteiger partial charge in [0.1, 0.15) is 0 Å². The summed E-state index contributed by atoms with van der Waals surface area (Å²) in [7, 11) is 0. The van der Waals surface area contributed by atoms with Gasteiger partial charge in [-0.25, -0.2) is 0 Å². The number of piperidine rings is 1. The first-order chi connectivity index (χ1) is 14.2. The standard InChI is InChI=1S/C24H31N3O2/c28-23(12-11-21-8-6-15-25-19-21)26-16-5-4-7-20-13-17-27(18-14-20)24(29)22-9-2-1-3-10-22/h1-3,6,8-10,15,19-20H,4-5,7,11-14,16-18H2,(H,26,28). The number of likely N-dealkylation sites (tertiary alicyclic amines) is 1. The maximum atomic E-state index is 12.5. The lowest BCUT2D eigenvalue weighted by Gasteiger charge is -2.32.